The number of nitro groups is 1. The zero-order valence-corrected chi connectivity index (χ0v) is 11.6. The van der Waals surface area contributed by atoms with Gasteiger partial charge in [0.1, 0.15) is 5.69 Å². The van der Waals surface area contributed by atoms with Crippen LogP contribution in [0, 0.1) is 10.1 Å². The average molecular weight is 278 g/mol. The van der Waals surface area contributed by atoms with Gasteiger partial charge in [-0.3, -0.25) is 14.9 Å². The first-order valence-corrected chi connectivity index (χ1v) is 6.49. The average Bonchev–Trinajstić information content (AvgIpc) is 2.46. The molecule has 7 nitrogen and oxygen atoms in total. The van der Waals surface area contributed by atoms with Crippen molar-refractivity contribution in [2.24, 2.45) is 0 Å². The summed E-state index contributed by atoms with van der Waals surface area (Å²) in [6, 6.07) is 5.04. The molecule has 0 atom stereocenters. The lowest BCUT2D eigenvalue weighted by Gasteiger charge is -2.35. The fourth-order valence-electron chi connectivity index (χ4n) is 2.36. The van der Waals surface area contributed by atoms with E-state index < -0.39 is 4.92 Å². The number of rotatable bonds is 3. The number of nitro benzene ring substituents is 1. The lowest BCUT2D eigenvalue weighted by molar-refractivity contribution is -0.383. The van der Waals surface area contributed by atoms with Crippen molar-refractivity contribution in [2.75, 3.05) is 43.4 Å². The van der Waals surface area contributed by atoms with Crippen LogP contribution >= 0.6 is 0 Å². The van der Waals surface area contributed by atoms with Crippen molar-refractivity contribution in [1.82, 2.24) is 4.90 Å². The van der Waals surface area contributed by atoms with Crippen LogP contribution < -0.4 is 10.2 Å². The van der Waals surface area contributed by atoms with Crippen molar-refractivity contribution in [3.63, 3.8) is 0 Å². The van der Waals surface area contributed by atoms with Gasteiger partial charge in [-0.2, -0.15) is 0 Å². The molecule has 0 saturated carbocycles. The molecule has 1 amide bonds. The quantitative estimate of drug-likeness (QED) is 0.666. The molecular formula is C13H18N4O3. The van der Waals surface area contributed by atoms with Crippen LogP contribution in [-0.4, -0.2) is 49.0 Å². The first-order chi connectivity index (χ1) is 9.52. The Morgan fingerprint density at radius 3 is 2.45 bits per heavy atom. The maximum Gasteiger partial charge on any atom is 0.292 e. The Balaban J connectivity index is 2.14. The number of nitrogens with one attached hydrogen (secondary N) is 1. The molecule has 1 aliphatic heterocycles. The molecule has 1 aromatic rings. The summed E-state index contributed by atoms with van der Waals surface area (Å²) in [6.07, 6.45) is 0. The standard InChI is InChI=1S/C13H18N4O3/c1-10(18)15-5-7-16(8-6-15)11-3-4-13(17(19)20)12(9-11)14-2/h3-4,9,14H,5-8H2,1-2H3. The highest BCUT2D eigenvalue weighted by Gasteiger charge is 2.21. The predicted molar refractivity (Wildman–Crippen MR) is 77.1 cm³/mol. The third kappa shape index (κ3) is 2.81. The molecular weight excluding hydrogens is 260 g/mol. The highest BCUT2D eigenvalue weighted by molar-refractivity contribution is 5.74. The largest absolute Gasteiger partial charge is 0.383 e. The van der Waals surface area contributed by atoms with Crippen LogP contribution in [0.1, 0.15) is 6.92 Å². The van der Waals surface area contributed by atoms with E-state index in [0.29, 0.717) is 18.8 Å². The smallest absolute Gasteiger partial charge is 0.292 e. The molecule has 7 heteroatoms. The molecule has 1 aliphatic rings. The molecule has 1 heterocycles. The van der Waals surface area contributed by atoms with Gasteiger partial charge in [-0.1, -0.05) is 0 Å². The second-order valence-electron chi connectivity index (χ2n) is 4.70. The van der Waals surface area contributed by atoms with Gasteiger partial charge in [0.25, 0.3) is 5.69 Å². The maximum absolute atomic E-state index is 11.3. The normalized spacial score (nSPS) is 15.1. The molecule has 1 fully saturated rings. The number of hydrogen-bond acceptors (Lipinski definition) is 5. The minimum atomic E-state index is -0.400. The Labute approximate surface area is 117 Å². The van der Waals surface area contributed by atoms with Crippen molar-refractivity contribution in [3.8, 4) is 0 Å². The minimum Gasteiger partial charge on any atom is -0.383 e. The van der Waals surface area contributed by atoms with E-state index in [-0.39, 0.29) is 11.6 Å². The van der Waals surface area contributed by atoms with Gasteiger partial charge in [0.2, 0.25) is 5.91 Å². The van der Waals surface area contributed by atoms with Crippen molar-refractivity contribution in [3.05, 3.63) is 28.3 Å². The number of amides is 1. The molecule has 1 saturated heterocycles. The van der Waals surface area contributed by atoms with E-state index in [4.69, 9.17) is 0 Å². The molecule has 1 N–H and O–H groups in total. The number of carbonyl (C=O) groups excluding carboxylic acids is 1. The Hall–Kier alpha value is -2.31. The van der Waals surface area contributed by atoms with E-state index in [2.05, 4.69) is 10.2 Å². The van der Waals surface area contributed by atoms with Crippen LogP contribution in [0.5, 0.6) is 0 Å². The summed E-state index contributed by atoms with van der Waals surface area (Å²) in [7, 11) is 1.67. The zero-order valence-electron chi connectivity index (χ0n) is 11.6. The summed E-state index contributed by atoms with van der Waals surface area (Å²) in [5.41, 5.74) is 1.50. The number of anilines is 2. The van der Waals surface area contributed by atoms with Gasteiger partial charge >= 0.3 is 0 Å². The molecule has 0 bridgehead atoms. The number of hydrogen-bond donors (Lipinski definition) is 1. The Morgan fingerprint density at radius 2 is 1.95 bits per heavy atom. The van der Waals surface area contributed by atoms with Crippen molar-refractivity contribution < 1.29 is 9.72 Å². The molecule has 0 radical (unpaired) electrons. The molecule has 2 rings (SSSR count). The van der Waals surface area contributed by atoms with Gasteiger partial charge in [-0.15, -0.1) is 0 Å². The van der Waals surface area contributed by atoms with Crippen LogP contribution in [0.15, 0.2) is 18.2 Å². The van der Waals surface area contributed by atoms with Crippen LogP contribution in [0.4, 0.5) is 17.1 Å². The number of nitrogens with zero attached hydrogens (tertiary/aromatic N) is 3. The number of piperazine rings is 1. The lowest BCUT2D eigenvalue weighted by Crippen LogP contribution is -2.48. The zero-order chi connectivity index (χ0) is 14.7. The molecule has 0 spiro atoms. The van der Waals surface area contributed by atoms with Crippen molar-refractivity contribution >= 4 is 23.0 Å². The summed E-state index contributed by atoms with van der Waals surface area (Å²) in [5, 5.41) is 13.7. The molecule has 108 valence electrons. The summed E-state index contributed by atoms with van der Waals surface area (Å²) in [6.45, 7) is 4.41. The third-order valence-corrected chi connectivity index (χ3v) is 3.54. The molecule has 0 aromatic heterocycles. The minimum absolute atomic E-state index is 0.0682. The molecule has 20 heavy (non-hydrogen) atoms. The van der Waals surface area contributed by atoms with E-state index in [9.17, 15) is 14.9 Å². The summed E-state index contributed by atoms with van der Waals surface area (Å²) < 4.78 is 0. The predicted octanol–water partition coefficient (Wildman–Crippen LogP) is 1.30. The number of carbonyl (C=O) groups is 1. The molecule has 0 unspecified atom stereocenters. The molecule has 1 aromatic carbocycles. The van der Waals surface area contributed by atoms with E-state index in [1.165, 1.54) is 6.07 Å². The lowest BCUT2D eigenvalue weighted by atomic mass is 10.2. The van der Waals surface area contributed by atoms with Crippen LogP contribution in [-0.2, 0) is 4.79 Å². The van der Waals surface area contributed by atoms with Crippen molar-refractivity contribution in [1.29, 1.82) is 0 Å². The van der Waals surface area contributed by atoms with Crippen LogP contribution in [0.2, 0.25) is 0 Å². The van der Waals surface area contributed by atoms with Gasteiger partial charge in [0.05, 0.1) is 4.92 Å². The third-order valence-electron chi connectivity index (χ3n) is 3.54. The van der Waals surface area contributed by atoms with E-state index in [1.54, 1.807) is 31.0 Å². The topological polar surface area (TPSA) is 78.7 Å². The van der Waals surface area contributed by atoms with Crippen molar-refractivity contribution in [2.45, 2.75) is 6.92 Å². The van der Waals surface area contributed by atoms with Gasteiger partial charge in [0, 0.05) is 51.9 Å². The van der Waals surface area contributed by atoms with E-state index >= 15 is 0 Å². The highest BCUT2D eigenvalue weighted by Crippen LogP contribution is 2.29. The van der Waals surface area contributed by atoms with Gasteiger partial charge in [-0.05, 0) is 12.1 Å². The Morgan fingerprint density at radius 1 is 1.30 bits per heavy atom. The van der Waals surface area contributed by atoms with Crippen LogP contribution in [0.3, 0.4) is 0 Å². The SMILES string of the molecule is CNc1cc(N2CCN(C(C)=O)CC2)ccc1[N+](=O)[O-]. The first-order valence-electron chi connectivity index (χ1n) is 6.49. The fourth-order valence-corrected chi connectivity index (χ4v) is 2.36. The van der Waals surface area contributed by atoms with Crippen LogP contribution in [0.25, 0.3) is 0 Å². The maximum atomic E-state index is 11.3. The Kier molecular flexibility index (Phi) is 4.07. The van der Waals surface area contributed by atoms with Gasteiger partial charge in [0.15, 0.2) is 0 Å². The fraction of sp³-hybridized carbons (Fsp3) is 0.462. The molecule has 0 aliphatic carbocycles. The van der Waals surface area contributed by atoms with E-state index in [0.717, 1.165) is 18.8 Å². The Bertz CT molecular complexity index is 524. The van der Waals surface area contributed by atoms with Gasteiger partial charge in [-0.25, -0.2) is 0 Å². The van der Waals surface area contributed by atoms with E-state index in [1.807, 2.05) is 0 Å². The number of benzene rings is 1. The second-order valence-corrected chi connectivity index (χ2v) is 4.70. The monoisotopic (exact) mass is 278 g/mol. The summed E-state index contributed by atoms with van der Waals surface area (Å²) in [4.78, 5) is 25.7. The summed E-state index contributed by atoms with van der Waals surface area (Å²) in [5.74, 6) is 0.0873. The summed E-state index contributed by atoms with van der Waals surface area (Å²) >= 11 is 0. The first kappa shape index (κ1) is 14.1. The second kappa shape index (κ2) is 5.77. The van der Waals surface area contributed by atoms with Gasteiger partial charge < -0.3 is 15.1 Å². The highest BCUT2D eigenvalue weighted by atomic mass is 16.6.